The Hall–Kier alpha value is -2.40. The molecule has 0 atom stereocenters. The molecule has 0 aliphatic rings. The summed E-state index contributed by atoms with van der Waals surface area (Å²) in [5.41, 5.74) is 0.872. The van der Waals surface area contributed by atoms with Crippen LogP contribution in [0.1, 0.15) is 21.1 Å². The molecule has 0 N–H and O–H groups in total. The van der Waals surface area contributed by atoms with Crippen molar-refractivity contribution in [1.82, 2.24) is 0 Å². The second kappa shape index (κ2) is 4.70. The molecular formula is C14H8O4S. The first-order valence-corrected chi connectivity index (χ1v) is 6.37. The summed E-state index contributed by atoms with van der Waals surface area (Å²) in [5.74, 6) is 1.86. The monoisotopic (exact) mass is 272 g/mol. The molecule has 4 nitrogen and oxygen atoms in total. The highest BCUT2D eigenvalue weighted by molar-refractivity contribution is 7.13. The van der Waals surface area contributed by atoms with Gasteiger partial charge in [0.2, 0.25) is 0 Å². The van der Waals surface area contributed by atoms with E-state index >= 15 is 0 Å². The van der Waals surface area contributed by atoms with E-state index in [1.165, 1.54) is 11.3 Å². The third-order valence-electron chi connectivity index (χ3n) is 2.61. The average molecular weight is 272 g/mol. The lowest BCUT2D eigenvalue weighted by Gasteiger charge is -1.90. The average Bonchev–Trinajstić information content (AvgIpc) is 3.16. The van der Waals surface area contributed by atoms with Crippen LogP contribution in [0.2, 0.25) is 0 Å². The molecule has 0 radical (unpaired) electrons. The Morgan fingerprint density at radius 3 is 2.16 bits per heavy atom. The van der Waals surface area contributed by atoms with Gasteiger partial charge in [0.25, 0.3) is 0 Å². The maximum Gasteiger partial charge on any atom is 0.185 e. The molecule has 0 bridgehead atoms. The van der Waals surface area contributed by atoms with Crippen LogP contribution < -0.4 is 0 Å². The number of aldehydes is 2. The summed E-state index contributed by atoms with van der Waals surface area (Å²) in [6.07, 6.45) is 1.33. The fourth-order valence-corrected chi connectivity index (χ4v) is 2.57. The molecule has 3 aromatic rings. The Bertz CT molecular complexity index is 671. The molecule has 19 heavy (non-hydrogen) atoms. The van der Waals surface area contributed by atoms with E-state index in [0.717, 1.165) is 10.4 Å². The second-order valence-electron chi connectivity index (χ2n) is 3.84. The standard InChI is InChI=1S/C14H8O4S/c15-6-10-1-3-12(17-10)9-5-14(19-8-9)13-4-2-11(7-16)18-13/h1-8H. The van der Waals surface area contributed by atoms with E-state index in [1.807, 2.05) is 11.4 Å². The molecule has 3 aromatic heterocycles. The van der Waals surface area contributed by atoms with Gasteiger partial charge in [0.15, 0.2) is 24.1 Å². The Labute approximate surface area is 112 Å². The van der Waals surface area contributed by atoms with Gasteiger partial charge < -0.3 is 8.83 Å². The van der Waals surface area contributed by atoms with Crippen molar-refractivity contribution < 1.29 is 18.4 Å². The van der Waals surface area contributed by atoms with Crippen molar-refractivity contribution in [1.29, 1.82) is 0 Å². The number of rotatable bonds is 4. The number of carbonyl (C=O) groups is 2. The van der Waals surface area contributed by atoms with Crippen LogP contribution in [0.4, 0.5) is 0 Å². The predicted octanol–water partition coefficient (Wildman–Crippen LogP) is 3.89. The highest BCUT2D eigenvalue weighted by Gasteiger charge is 2.11. The van der Waals surface area contributed by atoms with Crippen molar-refractivity contribution >= 4 is 23.9 Å². The second-order valence-corrected chi connectivity index (χ2v) is 4.75. The van der Waals surface area contributed by atoms with E-state index in [4.69, 9.17) is 8.83 Å². The molecule has 0 spiro atoms. The van der Waals surface area contributed by atoms with Crippen molar-refractivity contribution in [2.45, 2.75) is 0 Å². The number of carbonyl (C=O) groups excluding carboxylic acids is 2. The molecular weight excluding hydrogens is 264 g/mol. The van der Waals surface area contributed by atoms with Crippen LogP contribution in [0.3, 0.4) is 0 Å². The molecule has 0 amide bonds. The van der Waals surface area contributed by atoms with Crippen molar-refractivity contribution in [3.8, 4) is 22.0 Å². The van der Waals surface area contributed by atoms with Gasteiger partial charge in [-0.1, -0.05) is 0 Å². The minimum absolute atomic E-state index is 0.295. The summed E-state index contributed by atoms with van der Waals surface area (Å²) in [4.78, 5) is 22.0. The Morgan fingerprint density at radius 2 is 1.53 bits per heavy atom. The Morgan fingerprint density at radius 1 is 0.895 bits per heavy atom. The SMILES string of the molecule is O=Cc1ccc(-c2csc(-c3ccc(C=O)o3)c2)o1. The fraction of sp³-hybridized carbons (Fsp3) is 0. The van der Waals surface area contributed by atoms with Gasteiger partial charge in [-0.25, -0.2) is 0 Å². The topological polar surface area (TPSA) is 60.4 Å². The van der Waals surface area contributed by atoms with Crippen LogP contribution in [-0.2, 0) is 0 Å². The summed E-state index contributed by atoms with van der Waals surface area (Å²) >= 11 is 1.48. The molecule has 0 fully saturated rings. The molecule has 3 rings (SSSR count). The van der Waals surface area contributed by atoms with Crippen LogP contribution in [0.15, 0.2) is 44.5 Å². The summed E-state index contributed by atoms with van der Waals surface area (Å²) < 4.78 is 10.7. The molecule has 94 valence electrons. The largest absolute Gasteiger partial charge is 0.453 e. The van der Waals surface area contributed by atoms with Gasteiger partial charge in [-0.15, -0.1) is 11.3 Å². The maximum atomic E-state index is 10.6. The minimum Gasteiger partial charge on any atom is -0.453 e. The first-order valence-electron chi connectivity index (χ1n) is 5.49. The zero-order valence-electron chi connectivity index (χ0n) is 9.66. The van der Waals surface area contributed by atoms with Crippen LogP contribution in [0.5, 0.6) is 0 Å². The van der Waals surface area contributed by atoms with Gasteiger partial charge in [-0.2, -0.15) is 0 Å². The molecule has 0 aliphatic heterocycles. The number of furan rings is 2. The molecule has 0 aliphatic carbocycles. The van der Waals surface area contributed by atoms with Crippen LogP contribution in [0, 0.1) is 0 Å². The van der Waals surface area contributed by atoms with E-state index in [1.54, 1.807) is 24.3 Å². The Kier molecular flexibility index (Phi) is 2.89. The predicted molar refractivity (Wildman–Crippen MR) is 70.5 cm³/mol. The zero-order valence-corrected chi connectivity index (χ0v) is 10.5. The van der Waals surface area contributed by atoms with Gasteiger partial charge in [0, 0.05) is 10.9 Å². The summed E-state index contributed by atoms with van der Waals surface area (Å²) in [7, 11) is 0. The lowest BCUT2D eigenvalue weighted by Crippen LogP contribution is -1.70. The molecule has 0 unspecified atom stereocenters. The van der Waals surface area contributed by atoms with Crippen molar-refractivity contribution in [2.24, 2.45) is 0 Å². The van der Waals surface area contributed by atoms with Crippen molar-refractivity contribution in [3.63, 3.8) is 0 Å². The number of hydrogen-bond acceptors (Lipinski definition) is 5. The third-order valence-corrected chi connectivity index (χ3v) is 3.56. The van der Waals surface area contributed by atoms with Gasteiger partial charge in [-0.05, 0) is 30.3 Å². The number of thiophene rings is 1. The lowest BCUT2D eigenvalue weighted by atomic mass is 10.2. The van der Waals surface area contributed by atoms with E-state index in [0.29, 0.717) is 35.6 Å². The van der Waals surface area contributed by atoms with Gasteiger partial charge >= 0.3 is 0 Å². The van der Waals surface area contributed by atoms with E-state index in [2.05, 4.69) is 0 Å². The van der Waals surface area contributed by atoms with Crippen molar-refractivity contribution in [3.05, 3.63) is 47.2 Å². The molecule has 0 aromatic carbocycles. The van der Waals surface area contributed by atoms with Crippen LogP contribution in [-0.4, -0.2) is 12.6 Å². The molecule has 0 saturated heterocycles. The molecule has 5 heteroatoms. The highest BCUT2D eigenvalue weighted by atomic mass is 32.1. The maximum absolute atomic E-state index is 10.6. The summed E-state index contributed by atoms with van der Waals surface area (Å²) in [6.45, 7) is 0. The fourth-order valence-electron chi connectivity index (χ4n) is 1.71. The van der Waals surface area contributed by atoms with Crippen LogP contribution in [0.25, 0.3) is 22.0 Å². The smallest absolute Gasteiger partial charge is 0.185 e. The highest BCUT2D eigenvalue weighted by Crippen LogP contribution is 2.33. The van der Waals surface area contributed by atoms with Crippen molar-refractivity contribution in [2.75, 3.05) is 0 Å². The minimum atomic E-state index is 0.295. The van der Waals surface area contributed by atoms with E-state index < -0.39 is 0 Å². The molecule has 0 saturated carbocycles. The van der Waals surface area contributed by atoms with Crippen LogP contribution >= 0.6 is 11.3 Å². The van der Waals surface area contributed by atoms with Gasteiger partial charge in [-0.3, -0.25) is 9.59 Å². The zero-order chi connectivity index (χ0) is 13.2. The number of hydrogen-bond donors (Lipinski definition) is 0. The van der Waals surface area contributed by atoms with Gasteiger partial charge in [0.1, 0.15) is 11.5 Å². The van der Waals surface area contributed by atoms with E-state index in [-0.39, 0.29) is 0 Å². The quantitative estimate of drug-likeness (QED) is 0.676. The summed E-state index contributed by atoms with van der Waals surface area (Å²) in [5, 5.41) is 1.91. The Balaban J connectivity index is 1.94. The van der Waals surface area contributed by atoms with Gasteiger partial charge in [0.05, 0.1) is 4.88 Å². The lowest BCUT2D eigenvalue weighted by molar-refractivity contribution is 0.109. The molecule has 3 heterocycles. The summed E-state index contributed by atoms with van der Waals surface area (Å²) in [6, 6.07) is 8.63. The third kappa shape index (κ3) is 2.15. The first-order chi connectivity index (χ1) is 9.30. The van der Waals surface area contributed by atoms with E-state index in [9.17, 15) is 9.59 Å². The normalized spacial score (nSPS) is 10.5. The first kappa shape index (κ1) is 11.7.